The molecule has 2 amide bonds. The van der Waals surface area contributed by atoms with E-state index in [1.165, 1.54) is 9.75 Å². The molecule has 0 radical (unpaired) electrons. The average molecular weight is 483 g/mol. The van der Waals surface area contributed by atoms with Crippen LogP contribution >= 0.6 is 11.3 Å². The van der Waals surface area contributed by atoms with Gasteiger partial charge in [0.15, 0.2) is 5.65 Å². The van der Waals surface area contributed by atoms with Crippen LogP contribution in [0.5, 0.6) is 0 Å². The maximum Gasteiger partial charge on any atom is 0.254 e. The third kappa shape index (κ3) is 5.00. The third-order valence-corrected chi connectivity index (χ3v) is 7.19. The van der Waals surface area contributed by atoms with Gasteiger partial charge in [0.25, 0.3) is 5.91 Å². The van der Waals surface area contributed by atoms with Crippen molar-refractivity contribution in [3.63, 3.8) is 0 Å². The van der Waals surface area contributed by atoms with Crippen molar-refractivity contribution >= 4 is 34.2 Å². The van der Waals surface area contributed by atoms with E-state index >= 15 is 0 Å². The first-order valence-electron chi connectivity index (χ1n) is 12.0. The van der Waals surface area contributed by atoms with Crippen LogP contribution in [0.2, 0.25) is 0 Å². The molecule has 4 heterocycles. The van der Waals surface area contributed by atoms with Gasteiger partial charge in [-0.05, 0) is 53.2 Å². The predicted octanol–water partition coefficient (Wildman–Crippen LogP) is 3.64. The quantitative estimate of drug-likeness (QED) is 0.580. The fraction of sp³-hybridized carbons (Fsp3) is 0.520. The van der Waals surface area contributed by atoms with Crippen molar-refractivity contribution in [2.24, 2.45) is 0 Å². The molecule has 3 aromatic rings. The van der Waals surface area contributed by atoms with Crippen LogP contribution in [-0.2, 0) is 4.79 Å². The monoisotopic (exact) mass is 482 g/mol. The average Bonchev–Trinajstić information content (AvgIpc) is 3.28. The molecule has 4 rings (SSSR count). The highest BCUT2D eigenvalue weighted by Gasteiger charge is 2.25. The lowest BCUT2D eigenvalue weighted by Gasteiger charge is -2.22. The summed E-state index contributed by atoms with van der Waals surface area (Å²) in [6, 6.07) is 4.21. The largest absolute Gasteiger partial charge is 0.355 e. The van der Waals surface area contributed by atoms with Gasteiger partial charge in [0.05, 0.1) is 29.4 Å². The lowest BCUT2D eigenvalue weighted by molar-refractivity contribution is -0.122. The molecule has 0 aliphatic carbocycles. The van der Waals surface area contributed by atoms with Gasteiger partial charge in [-0.3, -0.25) is 14.5 Å². The number of nitrogens with zero attached hydrogens (tertiary/aromatic N) is 5. The topological polar surface area (TPSA) is 83.4 Å². The van der Waals surface area contributed by atoms with Crippen LogP contribution in [-0.4, -0.2) is 75.6 Å². The molecule has 0 atom stereocenters. The summed E-state index contributed by atoms with van der Waals surface area (Å²) in [5.74, 6) is 0.0340. The van der Waals surface area contributed by atoms with Gasteiger partial charge in [-0.1, -0.05) is 0 Å². The van der Waals surface area contributed by atoms with Gasteiger partial charge in [-0.2, -0.15) is 5.10 Å². The summed E-state index contributed by atoms with van der Waals surface area (Å²) < 4.78 is 1.89. The van der Waals surface area contributed by atoms with Gasteiger partial charge in [-0.25, -0.2) is 9.67 Å². The lowest BCUT2D eigenvalue weighted by atomic mass is 10.1. The van der Waals surface area contributed by atoms with Crippen LogP contribution in [0.1, 0.15) is 53.3 Å². The van der Waals surface area contributed by atoms with Crippen molar-refractivity contribution in [1.82, 2.24) is 29.9 Å². The molecule has 0 bridgehead atoms. The Hall–Kier alpha value is -2.78. The summed E-state index contributed by atoms with van der Waals surface area (Å²) in [5, 5.41) is 8.20. The molecule has 3 aromatic heterocycles. The Bertz CT molecular complexity index is 1200. The Kier molecular flexibility index (Phi) is 7.33. The molecule has 0 spiro atoms. The number of aryl methyl sites for hydroxylation is 2. The number of aromatic nitrogens is 3. The summed E-state index contributed by atoms with van der Waals surface area (Å²) in [6.45, 7) is 14.0. The molecule has 1 aliphatic rings. The minimum atomic E-state index is 0.00132. The first-order chi connectivity index (χ1) is 16.3. The molecule has 182 valence electrons. The van der Waals surface area contributed by atoms with E-state index in [-0.39, 0.29) is 17.9 Å². The summed E-state index contributed by atoms with van der Waals surface area (Å²) in [7, 11) is 0. The van der Waals surface area contributed by atoms with E-state index in [1.807, 2.05) is 22.6 Å². The standard InChI is InChI=1S/C25H34N6O2S/c1-6-26-23(32)15-29-8-7-9-30(11-10-29)25(33)20-13-22(19-12-17(4)34-18(19)5)28-24-21(20)14-27-31(24)16(2)3/h12-14,16H,6-11,15H2,1-5H3,(H,26,32). The molecule has 0 aromatic carbocycles. The molecule has 9 heteroatoms. The Labute approximate surface area is 204 Å². The maximum atomic E-state index is 13.8. The number of likely N-dealkylation sites (N-methyl/N-ethyl adjacent to an activating group) is 1. The predicted molar refractivity (Wildman–Crippen MR) is 136 cm³/mol. The highest BCUT2D eigenvalue weighted by atomic mass is 32.1. The van der Waals surface area contributed by atoms with Crippen LogP contribution < -0.4 is 5.32 Å². The number of nitrogens with one attached hydrogen (secondary N) is 1. The van der Waals surface area contributed by atoms with Gasteiger partial charge in [-0.15, -0.1) is 11.3 Å². The summed E-state index contributed by atoms with van der Waals surface area (Å²) in [5.41, 5.74) is 3.27. The molecular formula is C25H34N6O2S. The Morgan fingerprint density at radius 2 is 1.94 bits per heavy atom. The minimum Gasteiger partial charge on any atom is -0.355 e. The zero-order valence-electron chi connectivity index (χ0n) is 20.7. The zero-order chi connectivity index (χ0) is 24.4. The van der Waals surface area contributed by atoms with Crippen molar-refractivity contribution in [2.45, 2.75) is 47.1 Å². The highest BCUT2D eigenvalue weighted by molar-refractivity contribution is 7.12. The number of fused-ring (bicyclic) bond motifs is 1. The van der Waals surface area contributed by atoms with Gasteiger partial charge < -0.3 is 10.2 Å². The van der Waals surface area contributed by atoms with Crippen molar-refractivity contribution in [3.8, 4) is 11.3 Å². The minimum absolute atomic E-state index is 0.00132. The van der Waals surface area contributed by atoms with Gasteiger partial charge in [0.1, 0.15) is 0 Å². The maximum absolute atomic E-state index is 13.8. The van der Waals surface area contributed by atoms with Crippen LogP contribution in [0.25, 0.3) is 22.3 Å². The fourth-order valence-electron chi connectivity index (χ4n) is 4.55. The molecule has 34 heavy (non-hydrogen) atoms. The van der Waals surface area contributed by atoms with Crippen molar-refractivity contribution < 1.29 is 9.59 Å². The molecular weight excluding hydrogens is 448 g/mol. The molecule has 0 saturated carbocycles. The second-order valence-electron chi connectivity index (χ2n) is 9.18. The van der Waals surface area contributed by atoms with E-state index in [9.17, 15) is 9.59 Å². The number of hydrogen-bond acceptors (Lipinski definition) is 6. The Morgan fingerprint density at radius 1 is 1.15 bits per heavy atom. The molecule has 1 N–H and O–H groups in total. The number of amides is 2. The number of carbonyl (C=O) groups is 2. The van der Waals surface area contributed by atoms with Gasteiger partial charge in [0.2, 0.25) is 5.91 Å². The van der Waals surface area contributed by atoms with Crippen LogP contribution in [0, 0.1) is 13.8 Å². The van der Waals surface area contributed by atoms with Crippen molar-refractivity contribution in [2.75, 3.05) is 39.3 Å². The van der Waals surface area contributed by atoms with Gasteiger partial charge in [0, 0.05) is 54.1 Å². The first kappa shape index (κ1) is 24.3. The Balaban J connectivity index is 1.67. The normalized spacial score (nSPS) is 15.2. The van der Waals surface area contributed by atoms with E-state index in [0.717, 1.165) is 35.3 Å². The van der Waals surface area contributed by atoms with E-state index < -0.39 is 0 Å². The number of carbonyl (C=O) groups excluding carboxylic acids is 2. The van der Waals surface area contributed by atoms with Crippen LogP contribution in [0.3, 0.4) is 0 Å². The summed E-state index contributed by atoms with van der Waals surface area (Å²) >= 11 is 1.74. The summed E-state index contributed by atoms with van der Waals surface area (Å²) in [4.78, 5) is 37.2. The number of rotatable bonds is 6. The number of pyridine rings is 1. The van der Waals surface area contributed by atoms with Crippen LogP contribution in [0.15, 0.2) is 18.3 Å². The molecule has 8 nitrogen and oxygen atoms in total. The second-order valence-corrected chi connectivity index (χ2v) is 10.6. The van der Waals surface area contributed by atoms with Crippen molar-refractivity contribution in [1.29, 1.82) is 0 Å². The van der Waals surface area contributed by atoms with Crippen LogP contribution in [0.4, 0.5) is 0 Å². The first-order valence-corrected chi connectivity index (χ1v) is 12.8. The third-order valence-electron chi connectivity index (χ3n) is 6.22. The van der Waals surface area contributed by atoms with E-state index in [1.54, 1.807) is 17.5 Å². The Morgan fingerprint density at radius 3 is 2.62 bits per heavy atom. The SMILES string of the molecule is CCNC(=O)CN1CCCN(C(=O)c2cc(-c3cc(C)sc3C)nc3c2cnn3C(C)C)CC1. The van der Waals surface area contributed by atoms with E-state index in [0.29, 0.717) is 38.3 Å². The number of hydrogen-bond donors (Lipinski definition) is 1. The van der Waals surface area contributed by atoms with Gasteiger partial charge >= 0.3 is 0 Å². The van der Waals surface area contributed by atoms with E-state index in [2.05, 4.69) is 49.1 Å². The van der Waals surface area contributed by atoms with E-state index in [4.69, 9.17) is 4.98 Å². The fourth-order valence-corrected chi connectivity index (χ4v) is 5.49. The van der Waals surface area contributed by atoms with Crippen molar-refractivity contribution in [3.05, 3.63) is 33.6 Å². The highest BCUT2D eigenvalue weighted by Crippen LogP contribution is 2.33. The summed E-state index contributed by atoms with van der Waals surface area (Å²) in [6.07, 6.45) is 2.60. The molecule has 1 saturated heterocycles. The molecule has 1 aliphatic heterocycles. The zero-order valence-corrected chi connectivity index (χ0v) is 21.5. The smallest absolute Gasteiger partial charge is 0.254 e. The second kappa shape index (κ2) is 10.2. The molecule has 1 fully saturated rings. The molecule has 0 unspecified atom stereocenters. The lowest BCUT2D eigenvalue weighted by Crippen LogP contribution is -2.40. The number of thiophene rings is 1.